The first kappa shape index (κ1) is 19.5. The fraction of sp³-hybridized carbons (Fsp3) is 0.533. The third-order valence-corrected chi connectivity index (χ3v) is 6.82. The molecule has 1 aromatic carbocycles. The van der Waals surface area contributed by atoms with Crippen LogP contribution >= 0.6 is 23.2 Å². The molecule has 24 heavy (non-hydrogen) atoms. The topological polar surface area (TPSA) is 83.9 Å². The van der Waals surface area contributed by atoms with Crippen LogP contribution in [-0.2, 0) is 19.6 Å². The molecule has 0 aromatic heterocycles. The highest BCUT2D eigenvalue weighted by atomic mass is 35.5. The predicted molar refractivity (Wildman–Crippen MR) is 91.1 cm³/mol. The van der Waals surface area contributed by atoms with E-state index in [1.165, 1.54) is 16.4 Å². The summed E-state index contributed by atoms with van der Waals surface area (Å²) >= 11 is 12.0. The second-order valence-electron chi connectivity index (χ2n) is 5.55. The van der Waals surface area contributed by atoms with Crippen LogP contribution in [0.2, 0.25) is 10.0 Å². The predicted octanol–water partition coefficient (Wildman–Crippen LogP) is 3.03. The lowest BCUT2D eigenvalue weighted by Gasteiger charge is -2.34. The molecule has 6 nitrogen and oxygen atoms in total. The number of carboxylic acids is 1. The number of hydrogen-bond donors (Lipinski definition) is 1. The van der Waals surface area contributed by atoms with Crippen molar-refractivity contribution < 1.29 is 23.1 Å². The van der Waals surface area contributed by atoms with Crippen molar-refractivity contribution in [3.63, 3.8) is 0 Å². The van der Waals surface area contributed by atoms with Crippen LogP contribution in [0.3, 0.4) is 0 Å². The fourth-order valence-electron chi connectivity index (χ4n) is 2.77. The summed E-state index contributed by atoms with van der Waals surface area (Å²) in [6.07, 6.45) is 2.82. The molecule has 1 aliphatic rings. The van der Waals surface area contributed by atoms with E-state index < -0.39 is 16.0 Å². The number of sulfonamides is 1. The van der Waals surface area contributed by atoms with Crippen molar-refractivity contribution in [2.75, 3.05) is 19.8 Å². The summed E-state index contributed by atoms with van der Waals surface area (Å²) < 4.78 is 32.4. The lowest BCUT2D eigenvalue weighted by Crippen LogP contribution is -2.44. The molecule has 0 aliphatic carbocycles. The smallest absolute Gasteiger partial charge is 0.329 e. The Morgan fingerprint density at radius 1 is 1.33 bits per heavy atom. The van der Waals surface area contributed by atoms with Gasteiger partial charge in [-0.15, -0.1) is 0 Å². The van der Waals surface area contributed by atoms with Gasteiger partial charge in [0.2, 0.25) is 10.0 Å². The van der Waals surface area contributed by atoms with Gasteiger partial charge in [0.05, 0.1) is 10.0 Å². The summed E-state index contributed by atoms with van der Waals surface area (Å²) in [4.78, 5) is 10.5. The summed E-state index contributed by atoms with van der Waals surface area (Å²) in [5, 5.41) is 8.79. The van der Waals surface area contributed by atoms with Crippen molar-refractivity contribution in [1.82, 2.24) is 4.31 Å². The van der Waals surface area contributed by atoms with Gasteiger partial charge in [-0.1, -0.05) is 35.7 Å². The number of rotatable bonds is 7. The number of nitrogens with zero attached hydrogens (tertiary/aromatic N) is 1. The van der Waals surface area contributed by atoms with E-state index in [0.717, 1.165) is 12.8 Å². The minimum atomic E-state index is -3.77. The first-order valence-corrected chi connectivity index (χ1v) is 9.79. The van der Waals surface area contributed by atoms with E-state index in [-0.39, 0.29) is 34.2 Å². The zero-order valence-electron chi connectivity index (χ0n) is 13.0. The summed E-state index contributed by atoms with van der Waals surface area (Å²) in [6.45, 7) is 0.195. The summed E-state index contributed by atoms with van der Waals surface area (Å²) in [7, 11) is -3.77. The van der Waals surface area contributed by atoms with E-state index in [1.807, 2.05) is 0 Å². The van der Waals surface area contributed by atoms with Crippen molar-refractivity contribution in [2.24, 2.45) is 0 Å². The normalized spacial score (nSPS) is 19.3. The highest BCUT2D eigenvalue weighted by Gasteiger charge is 2.34. The van der Waals surface area contributed by atoms with Crippen LogP contribution in [0.4, 0.5) is 0 Å². The number of carbonyl (C=O) groups is 1. The van der Waals surface area contributed by atoms with Gasteiger partial charge in [-0.2, -0.15) is 4.31 Å². The third kappa shape index (κ3) is 4.61. The third-order valence-electron chi connectivity index (χ3n) is 3.90. The molecule has 0 bridgehead atoms. The van der Waals surface area contributed by atoms with Gasteiger partial charge in [-0.25, -0.2) is 13.2 Å². The number of ether oxygens (including phenoxy) is 1. The number of aliphatic carboxylic acids is 1. The van der Waals surface area contributed by atoms with Crippen molar-refractivity contribution >= 4 is 39.2 Å². The number of benzene rings is 1. The number of halogens is 2. The second kappa shape index (κ2) is 8.49. The molecule has 134 valence electrons. The van der Waals surface area contributed by atoms with Gasteiger partial charge < -0.3 is 9.84 Å². The molecule has 1 atom stereocenters. The minimum absolute atomic E-state index is 0.00461. The van der Waals surface area contributed by atoms with Gasteiger partial charge in [0, 0.05) is 19.2 Å². The molecule has 1 saturated heterocycles. The standard InChI is InChI=1S/C15H19Cl2NO5S/c16-12-5-3-6-13(15(12)17)24(21,22)18-8-2-1-4-11(18)7-9-23-10-14(19)20/h3,5-6,11H,1-2,4,7-10H2,(H,19,20). The number of hydrogen-bond acceptors (Lipinski definition) is 4. The average molecular weight is 396 g/mol. The van der Waals surface area contributed by atoms with Crippen LogP contribution in [0.15, 0.2) is 23.1 Å². The van der Waals surface area contributed by atoms with E-state index in [1.54, 1.807) is 6.07 Å². The van der Waals surface area contributed by atoms with Crippen LogP contribution in [0.1, 0.15) is 25.7 Å². The molecular formula is C15H19Cl2NO5S. The number of piperidine rings is 1. The first-order chi connectivity index (χ1) is 11.3. The van der Waals surface area contributed by atoms with E-state index in [9.17, 15) is 13.2 Å². The Bertz CT molecular complexity index is 695. The molecule has 1 unspecified atom stereocenters. The fourth-order valence-corrected chi connectivity index (χ4v) is 5.23. The van der Waals surface area contributed by atoms with Crippen molar-refractivity contribution in [3.05, 3.63) is 28.2 Å². The molecule has 0 amide bonds. The molecule has 0 saturated carbocycles. The molecule has 1 fully saturated rings. The monoisotopic (exact) mass is 395 g/mol. The van der Waals surface area contributed by atoms with Gasteiger partial charge in [0.25, 0.3) is 0 Å². The van der Waals surface area contributed by atoms with Gasteiger partial charge in [0.1, 0.15) is 11.5 Å². The Morgan fingerprint density at radius 2 is 2.08 bits per heavy atom. The van der Waals surface area contributed by atoms with E-state index in [2.05, 4.69) is 0 Å². The van der Waals surface area contributed by atoms with Gasteiger partial charge in [-0.05, 0) is 31.4 Å². The largest absolute Gasteiger partial charge is 0.480 e. The van der Waals surface area contributed by atoms with E-state index in [4.69, 9.17) is 33.0 Å². The molecule has 0 radical (unpaired) electrons. The average Bonchev–Trinajstić information content (AvgIpc) is 2.54. The van der Waals surface area contributed by atoms with Gasteiger partial charge >= 0.3 is 5.97 Å². The number of carboxylic acid groups (broad SMARTS) is 1. The Hall–Kier alpha value is -0.860. The summed E-state index contributed by atoms with van der Waals surface area (Å²) in [6, 6.07) is 4.29. The van der Waals surface area contributed by atoms with Crippen LogP contribution < -0.4 is 0 Å². The maximum atomic E-state index is 13.0. The maximum absolute atomic E-state index is 13.0. The lowest BCUT2D eigenvalue weighted by atomic mass is 10.0. The molecular weight excluding hydrogens is 377 g/mol. The van der Waals surface area contributed by atoms with E-state index in [0.29, 0.717) is 19.4 Å². The summed E-state index contributed by atoms with van der Waals surface area (Å²) in [5.41, 5.74) is 0. The van der Waals surface area contributed by atoms with Crippen molar-refractivity contribution in [3.8, 4) is 0 Å². The molecule has 0 spiro atoms. The quantitative estimate of drug-likeness (QED) is 0.717. The molecule has 1 heterocycles. The molecule has 9 heteroatoms. The van der Waals surface area contributed by atoms with Crippen LogP contribution in [0, 0.1) is 0 Å². The Kier molecular flexibility index (Phi) is 6.88. The van der Waals surface area contributed by atoms with Gasteiger partial charge in [0.15, 0.2) is 0 Å². The minimum Gasteiger partial charge on any atom is -0.480 e. The zero-order chi connectivity index (χ0) is 17.7. The highest BCUT2D eigenvalue weighted by Crippen LogP contribution is 2.34. The lowest BCUT2D eigenvalue weighted by molar-refractivity contribution is -0.142. The van der Waals surface area contributed by atoms with Crippen LogP contribution in [0.5, 0.6) is 0 Å². The SMILES string of the molecule is O=C(O)COCCC1CCCCN1S(=O)(=O)c1cccc(Cl)c1Cl. The highest BCUT2D eigenvalue weighted by molar-refractivity contribution is 7.89. The maximum Gasteiger partial charge on any atom is 0.329 e. The molecule has 1 aliphatic heterocycles. The van der Waals surface area contributed by atoms with E-state index >= 15 is 0 Å². The van der Waals surface area contributed by atoms with Crippen molar-refractivity contribution in [2.45, 2.75) is 36.6 Å². The summed E-state index contributed by atoms with van der Waals surface area (Å²) in [5.74, 6) is -1.05. The molecule has 2 rings (SSSR count). The van der Waals surface area contributed by atoms with Crippen LogP contribution in [-0.4, -0.2) is 49.6 Å². The molecule has 1 N–H and O–H groups in total. The van der Waals surface area contributed by atoms with Gasteiger partial charge in [-0.3, -0.25) is 0 Å². The Labute approximate surface area is 151 Å². The second-order valence-corrected chi connectivity index (χ2v) is 8.20. The first-order valence-electron chi connectivity index (χ1n) is 7.59. The van der Waals surface area contributed by atoms with Crippen molar-refractivity contribution in [1.29, 1.82) is 0 Å². The van der Waals surface area contributed by atoms with Crippen LogP contribution in [0.25, 0.3) is 0 Å². The Balaban J connectivity index is 2.16. The zero-order valence-corrected chi connectivity index (χ0v) is 15.3. The molecule has 1 aromatic rings. The Morgan fingerprint density at radius 3 is 2.79 bits per heavy atom.